The number of fused-ring (bicyclic) bond motifs is 8. The van der Waals surface area contributed by atoms with Crippen LogP contribution >= 0.6 is 0 Å². The molecular weight excluding hydrogens is 626 g/mol. The number of aliphatic carboxylic acids is 1. The number of carbonyl (C=O) groups excluding carboxylic acids is 1. The first-order valence-electron chi connectivity index (χ1n) is 17.9. The number of carboxylic acids is 1. The van der Waals surface area contributed by atoms with Crippen LogP contribution in [-0.4, -0.2) is 50.4 Å². The summed E-state index contributed by atoms with van der Waals surface area (Å²) in [6, 6.07) is 13.9. The first kappa shape index (κ1) is 30.1. The second-order valence-corrected chi connectivity index (χ2v) is 13.8. The van der Waals surface area contributed by atoms with E-state index < -0.39 is 35.3 Å². The number of halogens is 2. The number of imidazole rings is 1. The van der Waals surface area contributed by atoms with Crippen molar-refractivity contribution in [3.63, 3.8) is 0 Å². The number of hydrogen-bond acceptors (Lipinski definition) is 4. The fraction of sp³-hybridized carbons (Fsp3) is 0.359. The Balaban J connectivity index is 1.52. The van der Waals surface area contributed by atoms with Gasteiger partial charge in [-0.3, -0.25) is 9.59 Å². The Bertz CT molecular complexity index is 2130. The molecule has 3 aromatic carbocycles. The number of nitrogens with one attached hydrogen (secondary N) is 2. The highest BCUT2D eigenvalue weighted by Crippen LogP contribution is 2.41. The van der Waals surface area contributed by atoms with Gasteiger partial charge in [0.05, 0.1) is 5.56 Å². The van der Waals surface area contributed by atoms with Crippen molar-refractivity contribution in [3.8, 4) is 22.9 Å². The molecule has 3 N–H and O–H groups in total. The normalized spacial score (nSPS) is 19.8. The zero-order valence-electron chi connectivity index (χ0n) is 30.8. The van der Waals surface area contributed by atoms with Gasteiger partial charge in [-0.25, -0.2) is 13.8 Å². The highest BCUT2D eigenvalue weighted by Gasteiger charge is 2.33. The number of H-pyrrole nitrogens is 2. The minimum absolute atomic E-state index is 0.0149. The number of amides is 1. The van der Waals surface area contributed by atoms with Crippen LogP contribution in [0.4, 0.5) is 8.78 Å². The molecule has 2 aromatic heterocycles. The van der Waals surface area contributed by atoms with E-state index in [1.165, 1.54) is 30.5 Å². The van der Waals surface area contributed by atoms with Crippen molar-refractivity contribution in [1.29, 1.82) is 0 Å². The fourth-order valence-electron chi connectivity index (χ4n) is 6.87. The van der Waals surface area contributed by atoms with Gasteiger partial charge >= 0.3 is 5.97 Å². The summed E-state index contributed by atoms with van der Waals surface area (Å²) in [7, 11) is 1.73. The number of benzene rings is 3. The van der Waals surface area contributed by atoms with E-state index in [2.05, 4.69) is 15.0 Å². The third kappa shape index (κ3) is 7.23. The number of ether oxygens (including phenoxy) is 1. The summed E-state index contributed by atoms with van der Waals surface area (Å²) in [4.78, 5) is 37.2. The van der Waals surface area contributed by atoms with E-state index in [-0.39, 0.29) is 66.6 Å². The van der Waals surface area contributed by atoms with Crippen LogP contribution in [0, 0.1) is 17.0 Å². The maximum Gasteiger partial charge on any atom is 0.303 e. The average Bonchev–Trinajstić information content (AvgIpc) is 3.75. The predicted molar refractivity (Wildman–Crippen MR) is 185 cm³/mol. The second kappa shape index (κ2) is 13.5. The number of aryl methyl sites for hydroxylation is 2. The van der Waals surface area contributed by atoms with Crippen molar-refractivity contribution >= 4 is 22.8 Å². The molecule has 8 nitrogen and oxygen atoms in total. The van der Waals surface area contributed by atoms with Crippen LogP contribution < -0.4 is 4.74 Å². The van der Waals surface area contributed by atoms with Gasteiger partial charge in [0, 0.05) is 76.6 Å². The van der Waals surface area contributed by atoms with Crippen molar-refractivity contribution in [2.75, 3.05) is 13.6 Å². The van der Waals surface area contributed by atoms with Crippen LogP contribution in [0.15, 0.2) is 67.0 Å². The maximum absolute atomic E-state index is 15.7. The summed E-state index contributed by atoms with van der Waals surface area (Å²) in [5, 5.41) is 10.0. The van der Waals surface area contributed by atoms with Gasteiger partial charge in [-0.2, -0.15) is 0 Å². The number of carboxylic acid groups (broad SMARTS) is 1. The number of aromatic amines is 2. The number of carbonyl (C=O) groups is 2. The first-order valence-corrected chi connectivity index (χ1v) is 16.4. The maximum atomic E-state index is 15.7. The van der Waals surface area contributed by atoms with Crippen LogP contribution in [0.2, 0.25) is 0 Å². The second-order valence-electron chi connectivity index (χ2n) is 13.8. The molecule has 10 heteroatoms. The molecule has 0 saturated heterocycles. The van der Waals surface area contributed by atoms with E-state index in [1.54, 1.807) is 48.5 Å². The standard InChI is InChI=1S/C39H42F2N4O4/c1-38(2)16-6-17-39(3,25-8-5-7-24(19-25)9-14-35(47)48)33-22-43-37(44-33)29-20-26(10-12-30(29)40)49-36-28(11-13-34(46)45(4)23-38)27-15-18-42-32(27)21-31(36)41/h5,7-8,10,12,15,18-22,42H,6,9,11,13-14,16-17,23H2,1-4H3,(H,43,44)(H,47,48)/t39-/m0/s1/i3D3. The minimum Gasteiger partial charge on any atom is -0.481 e. The lowest BCUT2D eigenvalue weighted by atomic mass is 9.73. The van der Waals surface area contributed by atoms with E-state index in [9.17, 15) is 14.7 Å². The van der Waals surface area contributed by atoms with E-state index in [1.807, 2.05) is 13.8 Å². The largest absolute Gasteiger partial charge is 0.481 e. The van der Waals surface area contributed by atoms with Crippen molar-refractivity contribution in [1.82, 2.24) is 19.9 Å². The van der Waals surface area contributed by atoms with Crippen molar-refractivity contribution < 1.29 is 32.3 Å². The summed E-state index contributed by atoms with van der Waals surface area (Å²) in [5.74, 6) is -2.34. The van der Waals surface area contributed by atoms with E-state index in [4.69, 9.17) is 8.85 Å². The van der Waals surface area contributed by atoms with E-state index in [0.717, 1.165) is 0 Å². The Labute approximate surface area is 288 Å². The lowest BCUT2D eigenvalue weighted by Gasteiger charge is -2.34. The van der Waals surface area contributed by atoms with Crippen LogP contribution in [0.1, 0.15) is 79.3 Å². The molecule has 49 heavy (non-hydrogen) atoms. The molecule has 0 saturated carbocycles. The van der Waals surface area contributed by atoms with Crippen molar-refractivity contribution in [2.45, 2.75) is 71.1 Å². The molecule has 5 aromatic rings. The summed E-state index contributed by atoms with van der Waals surface area (Å²) in [5.41, 5.74) is 0.313. The Hall–Kier alpha value is -4.99. The molecule has 0 spiro atoms. The Morgan fingerprint density at radius 2 is 1.94 bits per heavy atom. The number of aromatic nitrogens is 3. The molecule has 4 bridgehead atoms. The lowest BCUT2D eigenvalue weighted by molar-refractivity contribution is -0.137. The molecule has 0 unspecified atom stereocenters. The predicted octanol–water partition coefficient (Wildman–Crippen LogP) is 8.55. The van der Waals surface area contributed by atoms with Crippen LogP contribution in [0.25, 0.3) is 22.3 Å². The fourth-order valence-corrected chi connectivity index (χ4v) is 6.87. The molecule has 3 heterocycles. The molecule has 0 aliphatic carbocycles. The molecule has 1 atom stereocenters. The van der Waals surface area contributed by atoms with Crippen LogP contribution in [0.5, 0.6) is 11.5 Å². The SMILES string of the molecule is [2H]C([2H])([2H])[C@@]1(c2cccc(CCC(=O)O)c2)CCCC(C)(C)CN(C)C(=O)CCc2c(c(F)cc3[nH]ccc23)Oc2ccc(F)c(c2)-c2ncc1[nH]2. The van der Waals surface area contributed by atoms with Gasteiger partial charge < -0.3 is 24.7 Å². The van der Waals surface area contributed by atoms with Gasteiger partial charge in [-0.1, -0.05) is 44.5 Å². The first-order chi connectivity index (χ1) is 24.6. The summed E-state index contributed by atoms with van der Waals surface area (Å²) in [6.07, 6.45) is 4.59. The Morgan fingerprint density at radius 3 is 2.73 bits per heavy atom. The zero-order chi connectivity index (χ0) is 37.4. The van der Waals surface area contributed by atoms with Crippen molar-refractivity contribution in [3.05, 3.63) is 101 Å². The van der Waals surface area contributed by atoms with Crippen LogP contribution in [-0.2, 0) is 27.8 Å². The number of hydrogen-bond donors (Lipinski definition) is 3. The Morgan fingerprint density at radius 1 is 1.10 bits per heavy atom. The van der Waals surface area contributed by atoms with E-state index >= 15 is 8.78 Å². The van der Waals surface area contributed by atoms with Gasteiger partial charge in [0.15, 0.2) is 11.6 Å². The number of rotatable bonds is 4. The highest BCUT2D eigenvalue weighted by molar-refractivity contribution is 5.86. The molecular formula is C39H42F2N4O4. The summed E-state index contributed by atoms with van der Waals surface area (Å²) in [6.45, 7) is 1.80. The molecule has 0 radical (unpaired) electrons. The molecule has 1 amide bonds. The zero-order valence-corrected chi connectivity index (χ0v) is 27.8. The number of nitrogens with zero attached hydrogens (tertiary/aromatic N) is 2. The van der Waals surface area contributed by atoms with Gasteiger partial charge in [-0.15, -0.1) is 0 Å². The quantitative estimate of drug-likeness (QED) is 0.177. The van der Waals surface area contributed by atoms with Gasteiger partial charge in [0.25, 0.3) is 0 Å². The third-order valence-electron chi connectivity index (χ3n) is 9.45. The van der Waals surface area contributed by atoms with Crippen LogP contribution in [0.3, 0.4) is 0 Å². The van der Waals surface area contributed by atoms with Gasteiger partial charge in [0.1, 0.15) is 17.4 Å². The Kier molecular flexibility index (Phi) is 8.29. The molecule has 1 aliphatic rings. The molecule has 1 aliphatic heterocycles. The monoisotopic (exact) mass is 671 g/mol. The third-order valence-corrected chi connectivity index (χ3v) is 9.45. The van der Waals surface area contributed by atoms with Crippen molar-refractivity contribution in [2.24, 2.45) is 5.41 Å². The lowest BCUT2D eigenvalue weighted by Crippen LogP contribution is -2.36. The molecule has 256 valence electrons. The van der Waals surface area contributed by atoms with Gasteiger partial charge in [0.2, 0.25) is 5.91 Å². The summed E-state index contributed by atoms with van der Waals surface area (Å²) >= 11 is 0. The molecule has 0 fully saturated rings. The average molecular weight is 672 g/mol. The van der Waals surface area contributed by atoms with E-state index in [0.29, 0.717) is 47.0 Å². The minimum atomic E-state index is -2.63. The topological polar surface area (TPSA) is 111 Å². The highest BCUT2D eigenvalue weighted by atomic mass is 19.1. The summed E-state index contributed by atoms with van der Waals surface area (Å²) < 4.78 is 64.4. The van der Waals surface area contributed by atoms with Gasteiger partial charge in [-0.05, 0) is 73.3 Å². The molecule has 6 rings (SSSR count). The smallest absolute Gasteiger partial charge is 0.303 e.